The van der Waals surface area contributed by atoms with E-state index in [-0.39, 0.29) is 11.7 Å². The van der Waals surface area contributed by atoms with E-state index in [2.05, 4.69) is 11.8 Å². The largest absolute Gasteiger partial charge is 0.484 e. The van der Waals surface area contributed by atoms with Crippen molar-refractivity contribution >= 4 is 5.91 Å². The van der Waals surface area contributed by atoms with Crippen LogP contribution in [0.15, 0.2) is 54.6 Å². The Labute approximate surface area is 181 Å². The number of alkyl halides is 3. The topological polar surface area (TPSA) is 32.8 Å². The summed E-state index contributed by atoms with van der Waals surface area (Å²) in [5.74, 6) is 0.296. The molecule has 4 nitrogen and oxygen atoms in total. The molecule has 1 heterocycles. The molecule has 168 valence electrons. The van der Waals surface area contributed by atoms with Gasteiger partial charge in [-0.2, -0.15) is 13.2 Å². The SMILES string of the molecule is CCCN(Cc1cccc(OCC(F)(F)F)c1)C1CCN(C(=O)c2ccccc2)CC1. The number of amides is 1. The number of benzene rings is 2. The summed E-state index contributed by atoms with van der Waals surface area (Å²) in [5, 5.41) is 0. The summed E-state index contributed by atoms with van der Waals surface area (Å²) in [6.07, 6.45) is -1.62. The van der Waals surface area contributed by atoms with Crippen LogP contribution in [0.25, 0.3) is 0 Å². The first-order valence-electron chi connectivity index (χ1n) is 10.7. The molecule has 2 aromatic carbocycles. The number of nitrogens with zero attached hydrogens (tertiary/aromatic N) is 2. The number of hydrogen-bond acceptors (Lipinski definition) is 3. The van der Waals surface area contributed by atoms with Crippen molar-refractivity contribution in [3.63, 3.8) is 0 Å². The standard InChI is InChI=1S/C24H29F3N2O2/c1-2-13-29(17-19-7-6-10-22(16-19)31-18-24(25,26)27)21-11-14-28(15-12-21)23(30)20-8-4-3-5-9-20/h3-10,16,21H,2,11-15,17-18H2,1H3. The summed E-state index contributed by atoms with van der Waals surface area (Å²) in [6, 6.07) is 16.5. The van der Waals surface area contributed by atoms with Gasteiger partial charge in [0, 0.05) is 31.2 Å². The molecule has 0 aliphatic carbocycles. The quantitative estimate of drug-likeness (QED) is 0.577. The number of piperidine rings is 1. The van der Waals surface area contributed by atoms with Crippen LogP contribution in [0.5, 0.6) is 5.75 Å². The molecule has 0 bridgehead atoms. The zero-order chi connectivity index (χ0) is 22.3. The summed E-state index contributed by atoms with van der Waals surface area (Å²) >= 11 is 0. The maximum absolute atomic E-state index is 12.7. The second kappa shape index (κ2) is 10.7. The van der Waals surface area contributed by atoms with E-state index < -0.39 is 12.8 Å². The summed E-state index contributed by atoms with van der Waals surface area (Å²) in [6.45, 7) is 3.77. The molecule has 0 saturated carbocycles. The minimum Gasteiger partial charge on any atom is -0.484 e. The fraction of sp³-hybridized carbons (Fsp3) is 0.458. The van der Waals surface area contributed by atoms with Crippen molar-refractivity contribution in [1.82, 2.24) is 9.80 Å². The Morgan fingerprint density at radius 3 is 2.45 bits per heavy atom. The highest BCUT2D eigenvalue weighted by Crippen LogP contribution is 2.23. The van der Waals surface area contributed by atoms with Crippen molar-refractivity contribution in [1.29, 1.82) is 0 Å². The normalized spacial score (nSPS) is 15.3. The molecule has 1 fully saturated rings. The number of ether oxygens (including phenoxy) is 1. The molecule has 0 unspecified atom stereocenters. The third-order valence-corrected chi connectivity index (χ3v) is 5.49. The summed E-state index contributed by atoms with van der Waals surface area (Å²) < 4.78 is 42.2. The second-order valence-electron chi connectivity index (χ2n) is 7.91. The molecular formula is C24H29F3N2O2. The molecule has 1 aliphatic heterocycles. The van der Waals surface area contributed by atoms with Crippen LogP contribution in [0.2, 0.25) is 0 Å². The molecule has 0 spiro atoms. The summed E-state index contributed by atoms with van der Waals surface area (Å²) in [7, 11) is 0. The van der Waals surface area contributed by atoms with E-state index in [1.165, 1.54) is 0 Å². The zero-order valence-electron chi connectivity index (χ0n) is 17.8. The van der Waals surface area contributed by atoms with Gasteiger partial charge in [-0.05, 0) is 55.6 Å². The second-order valence-corrected chi connectivity index (χ2v) is 7.91. The Morgan fingerprint density at radius 1 is 1.10 bits per heavy atom. The monoisotopic (exact) mass is 434 g/mol. The van der Waals surface area contributed by atoms with Gasteiger partial charge < -0.3 is 9.64 Å². The lowest BCUT2D eigenvalue weighted by Crippen LogP contribution is -2.46. The maximum atomic E-state index is 12.7. The van der Waals surface area contributed by atoms with Gasteiger partial charge in [0.05, 0.1) is 0 Å². The molecule has 31 heavy (non-hydrogen) atoms. The molecular weight excluding hydrogens is 405 g/mol. The molecule has 7 heteroatoms. The van der Waals surface area contributed by atoms with Crippen LogP contribution >= 0.6 is 0 Å². The van der Waals surface area contributed by atoms with Crippen LogP contribution in [-0.2, 0) is 6.54 Å². The number of likely N-dealkylation sites (tertiary alicyclic amines) is 1. The van der Waals surface area contributed by atoms with Crippen LogP contribution in [0.3, 0.4) is 0 Å². The molecule has 1 aliphatic rings. The number of rotatable bonds is 8. The lowest BCUT2D eigenvalue weighted by atomic mass is 10.0. The number of carbonyl (C=O) groups is 1. The van der Waals surface area contributed by atoms with Crippen molar-refractivity contribution in [2.24, 2.45) is 0 Å². The predicted octanol–water partition coefficient (Wildman–Crippen LogP) is 5.14. The highest BCUT2D eigenvalue weighted by atomic mass is 19.4. The first kappa shape index (κ1) is 23.1. The van der Waals surface area contributed by atoms with E-state index in [4.69, 9.17) is 4.74 Å². The van der Waals surface area contributed by atoms with Gasteiger partial charge in [0.1, 0.15) is 5.75 Å². The van der Waals surface area contributed by atoms with Crippen LogP contribution in [0.4, 0.5) is 13.2 Å². The third kappa shape index (κ3) is 6.99. The highest BCUT2D eigenvalue weighted by molar-refractivity contribution is 5.94. The van der Waals surface area contributed by atoms with Crippen LogP contribution in [0.1, 0.15) is 42.1 Å². The van der Waals surface area contributed by atoms with Gasteiger partial charge in [-0.1, -0.05) is 37.3 Å². The van der Waals surface area contributed by atoms with E-state index in [1.807, 2.05) is 41.3 Å². The zero-order valence-corrected chi connectivity index (χ0v) is 17.8. The average molecular weight is 435 g/mol. The van der Waals surface area contributed by atoms with Gasteiger partial charge in [0.25, 0.3) is 5.91 Å². The molecule has 0 atom stereocenters. The van der Waals surface area contributed by atoms with Crippen LogP contribution < -0.4 is 4.74 Å². The fourth-order valence-corrected chi connectivity index (χ4v) is 4.01. The minimum atomic E-state index is -4.35. The number of halogens is 3. The Balaban J connectivity index is 1.58. The van der Waals surface area contributed by atoms with Gasteiger partial charge in [-0.25, -0.2) is 0 Å². The molecule has 1 saturated heterocycles. The number of hydrogen-bond donors (Lipinski definition) is 0. The Kier molecular flexibility index (Phi) is 7.96. The van der Waals surface area contributed by atoms with Crippen molar-refractivity contribution in [3.05, 3.63) is 65.7 Å². The lowest BCUT2D eigenvalue weighted by molar-refractivity contribution is -0.153. The molecule has 0 radical (unpaired) electrons. The number of carbonyl (C=O) groups excluding carboxylic acids is 1. The van der Waals surface area contributed by atoms with Gasteiger partial charge in [0.15, 0.2) is 6.61 Å². The van der Waals surface area contributed by atoms with E-state index in [0.29, 0.717) is 31.2 Å². The van der Waals surface area contributed by atoms with E-state index in [9.17, 15) is 18.0 Å². The lowest BCUT2D eigenvalue weighted by Gasteiger charge is -2.38. The highest BCUT2D eigenvalue weighted by Gasteiger charge is 2.29. The van der Waals surface area contributed by atoms with Crippen molar-refractivity contribution < 1.29 is 22.7 Å². The molecule has 3 rings (SSSR count). The molecule has 0 N–H and O–H groups in total. The van der Waals surface area contributed by atoms with Crippen LogP contribution in [0, 0.1) is 0 Å². The van der Waals surface area contributed by atoms with Crippen molar-refractivity contribution in [3.8, 4) is 5.75 Å². The smallest absolute Gasteiger partial charge is 0.422 e. The van der Waals surface area contributed by atoms with Crippen molar-refractivity contribution in [2.75, 3.05) is 26.2 Å². The average Bonchev–Trinajstić information content (AvgIpc) is 2.77. The molecule has 0 aromatic heterocycles. The minimum absolute atomic E-state index is 0.0654. The van der Waals surface area contributed by atoms with Crippen molar-refractivity contribution in [2.45, 2.75) is 44.9 Å². The summed E-state index contributed by atoms with van der Waals surface area (Å²) in [4.78, 5) is 17.0. The van der Waals surface area contributed by atoms with E-state index >= 15 is 0 Å². The van der Waals surface area contributed by atoms with Gasteiger partial charge in [-0.3, -0.25) is 9.69 Å². The molecule has 2 aromatic rings. The fourth-order valence-electron chi connectivity index (χ4n) is 4.01. The first-order valence-corrected chi connectivity index (χ1v) is 10.7. The predicted molar refractivity (Wildman–Crippen MR) is 114 cm³/mol. The van der Waals surface area contributed by atoms with Gasteiger partial charge in [-0.15, -0.1) is 0 Å². The Hall–Kier alpha value is -2.54. The summed E-state index contributed by atoms with van der Waals surface area (Å²) in [5.41, 5.74) is 1.64. The van der Waals surface area contributed by atoms with E-state index in [1.54, 1.807) is 18.2 Å². The Morgan fingerprint density at radius 2 is 1.81 bits per heavy atom. The van der Waals surface area contributed by atoms with Gasteiger partial charge >= 0.3 is 6.18 Å². The first-order chi connectivity index (χ1) is 14.9. The third-order valence-electron chi connectivity index (χ3n) is 5.49. The molecule has 1 amide bonds. The van der Waals surface area contributed by atoms with Gasteiger partial charge in [0.2, 0.25) is 0 Å². The van der Waals surface area contributed by atoms with Crippen LogP contribution in [-0.4, -0.2) is 54.2 Å². The van der Waals surface area contributed by atoms with E-state index in [0.717, 1.165) is 31.4 Å². The maximum Gasteiger partial charge on any atom is 0.422 e. The Bertz CT molecular complexity index is 834.